The first-order chi connectivity index (χ1) is 12.2. The van der Waals surface area contributed by atoms with Gasteiger partial charge in [0.1, 0.15) is 18.8 Å². The zero-order valence-corrected chi connectivity index (χ0v) is 13.9. The lowest BCUT2D eigenvalue weighted by Crippen LogP contribution is -2.36. The Kier molecular flexibility index (Phi) is 5.38. The molecule has 2 heterocycles. The molecule has 1 N–H and O–H groups in total. The number of nitrogens with zero attached hydrogens (tertiary/aromatic N) is 4. The van der Waals surface area contributed by atoms with Crippen LogP contribution >= 0.6 is 0 Å². The van der Waals surface area contributed by atoms with Gasteiger partial charge in [-0.25, -0.2) is 19.8 Å². The number of carbonyl (C=O) groups is 1. The van der Waals surface area contributed by atoms with Gasteiger partial charge in [-0.2, -0.15) is 0 Å². The zero-order valence-electron chi connectivity index (χ0n) is 13.9. The summed E-state index contributed by atoms with van der Waals surface area (Å²) in [5, 5.41) is 3.99. The van der Waals surface area contributed by atoms with E-state index in [0.29, 0.717) is 13.2 Å². The Balaban J connectivity index is 1.46. The minimum Gasteiger partial charge on any atom is -0.332 e. The number of aromatic nitrogens is 3. The van der Waals surface area contributed by atoms with Gasteiger partial charge in [0.2, 0.25) is 0 Å². The normalized spacial score (nSPS) is 10.4. The van der Waals surface area contributed by atoms with Crippen molar-refractivity contribution >= 4 is 6.03 Å². The SMILES string of the molecule is CN(OCc1ccccc1)C(=O)NCc1ccc(-n2ccnc2)nc1. The second-order valence-electron chi connectivity index (χ2n) is 5.41. The standard InChI is InChI=1S/C18H19N5O2/c1-22(25-13-15-5-3-2-4-6-15)18(24)21-12-16-7-8-17(20-11-16)23-10-9-19-14-23/h2-11,14H,12-13H2,1H3,(H,21,24). The Labute approximate surface area is 145 Å². The molecule has 2 aromatic heterocycles. The maximum Gasteiger partial charge on any atom is 0.341 e. The third-order valence-corrected chi connectivity index (χ3v) is 3.58. The van der Waals surface area contributed by atoms with E-state index in [4.69, 9.17) is 4.84 Å². The maximum absolute atomic E-state index is 12.0. The molecule has 0 saturated heterocycles. The minimum atomic E-state index is -0.311. The lowest BCUT2D eigenvalue weighted by Gasteiger charge is -2.17. The fourth-order valence-electron chi connectivity index (χ4n) is 2.16. The Morgan fingerprint density at radius 2 is 2.04 bits per heavy atom. The topological polar surface area (TPSA) is 72.3 Å². The van der Waals surface area contributed by atoms with Crippen molar-refractivity contribution in [2.24, 2.45) is 0 Å². The molecule has 0 aliphatic heterocycles. The van der Waals surface area contributed by atoms with Crippen molar-refractivity contribution in [1.82, 2.24) is 24.9 Å². The van der Waals surface area contributed by atoms with E-state index in [2.05, 4.69) is 15.3 Å². The average Bonchev–Trinajstić information content (AvgIpc) is 3.20. The predicted molar refractivity (Wildman–Crippen MR) is 92.6 cm³/mol. The van der Waals surface area contributed by atoms with Crippen LogP contribution in [0.5, 0.6) is 0 Å². The highest BCUT2D eigenvalue weighted by Crippen LogP contribution is 2.06. The summed E-state index contributed by atoms with van der Waals surface area (Å²) in [6, 6.07) is 13.2. The summed E-state index contributed by atoms with van der Waals surface area (Å²) in [5.74, 6) is 0.774. The van der Waals surface area contributed by atoms with Crippen LogP contribution in [0.2, 0.25) is 0 Å². The maximum atomic E-state index is 12.0. The number of imidazole rings is 1. The number of amides is 2. The summed E-state index contributed by atoms with van der Waals surface area (Å²) in [6.45, 7) is 0.709. The highest BCUT2D eigenvalue weighted by molar-refractivity contribution is 5.72. The van der Waals surface area contributed by atoms with Gasteiger partial charge in [0, 0.05) is 32.2 Å². The highest BCUT2D eigenvalue weighted by Gasteiger charge is 2.09. The number of rotatable bonds is 6. The highest BCUT2D eigenvalue weighted by atomic mass is 16.7. The molecule has 7 heteroatoms. The monoisotopic (exact) mass is 337 g/mol. The van der Waals surface area contributed by atoms with Gasteiger partial charge in [-0.15, -0.1) is 0 Å². The molecule has 0 atom stereocenters. The van der Waals surface area contributed by atoms with E-state index in [-0.39, 0.29) is 6.03 Å². The van der Waals surface area contributed by atoms with Gasteiger partial charge in [0.15, 0.2) is 0 Å². The molecule has 0 aliphatic carbocycles. The van der Waals surface area contributed by atoms with Crippen LogP contribution in [-0.4, -0.2) is 32.7 Å². The largest absolute Gasteiger partial charge is 0.341 e. The summed E-state index contributed by atoms with van der Waals surface area (Å²) in [7, 11) is 1.58. The fourth-order valence-corrected chi connectivity index (χ4v) is 2.16. The number of hydrogen-bond donors (Lipinski definition) is 1. The predicted octanol–water partition coefficient (Wildman–Crippen LogP) is 2.54. The Hall–Kier alpha value is -3.19. The van der Waals surface area contributed by atoms with E-state index in [1.54, 1.807) is 25.8 Å². The van der Waals surface area contributed by atoms with Crippen molar-refractivity contribution < 1.29 is 9.63 Å². The van der Waals surface area contributed by atoms with Crippen LogP contribution in [0.3, 0.4) is 0 Å². The molecule has 0 spiro atoms. The smallest absolute Gasteiger partial charge is 0.332 e. The van der Waals surface area contributed by atoms with Gasteiger partial charge < -0.3 is 5.32 Å². The van der Waals surface area contributed by atoms with Crippen LogP contribution in [0.4, 0.5) is 4.79 Å². The number of pyridine rings is 1. The van der Waals surface area contributed by atoms with Crippen molar-refractivity contribution in [1.29, 1.82) is 0 Å². The van der Waals surface area contributed by atoms with Crippen LogP contribution < -0.4 is 5.32 Å². The summed E-state index contributed by atoms with van der Waals surface area (Å²) in [6.07, 6.45) is 6.92. The molecule has 0 aliphatic rings. The first kappa shape index (κ1) is 16.7. The second-order valence-corrected chi connectivity index (χ2v) is 5.41. The molecule has 0 fully saturated rings. The van der Waals surface area contributed by atoms with Gasteiger partial charge in [-0.1, -0.05) is 36.4 Å². The number of nitrogens with one attached hydrogen (secondary N) is 1. The molecule has 3 aromatic rings. The Morgan fingerprint density at radius 1 is 1.20 bits per heavy atom. The van der Waals surface area contributed by atoms with Gasteiger partial charge in [-0.3, -0.25) is 9.40 Å². The molecule has 1 aromatic carbocycles. The number of carbonyl (C=O) groups excluding carboxylic acids is 1. The number of benzene rings is 1. The Morgan fingerprint density at radius 3 is 2.72 bits per heavy atom. The number of urea groups is 1. The van der Waals surface area contributed by atoms with Crippen molar-refractivity contribution in [3.8, 4) is 5.82 Å². The second kappa shape index (κ2) is 8.07. The van der Waals surface area contributed by atoms with Crippen molar-refractivity contribution in [3.63, 3.8) is 0 Å². The van der Waals surface area contributed by atoms with E-state index in [1.165, 1.54) is 5.06 Å². The number of hydrogen-bond acceptors (Lipinski definition) is 4. The molecule has 3 rings (SSSR count). The first-order valence-electron chi connectivity index (χ1n) is 7.84. The summed E-state index contributed by atoms with van der Waals surface area (Å²) in [4.78, 5) is 25.8. The Bertz CT molecular complexity index is 788. The summed E-state index contributed by atoms with van der Waals surface area (Å²) in [5.41, 5.74) is 1.90. The van der Waals surface area contributed by atoms with Crippen LogP contribution in [0.25, 0.3) is 5.82 Å². The van der Waals surface area contributed by atoms with E-state index < -0.39 is 0 Å². The van der Waals surface area contributed by atoms with Gasteiger partial charge >= 0.3 is 6.03 Å². The van der Waals surface area contributed by atoms with Crippen molar-refractivity contribution in [3.05, 3.63) is 78.5 Å². The molecule has 0 unspecified atom stereocenters. The molecule has 2 amide bonds. The zero-order chi connectivity index (χ0) is 17.5. The molecule has 0 radical (unpaired) electrons. The fraction of sp³-hybridized carbons (Fsp3) is 0.167. The molecular weight excluding hydrogens is 318 g/mol. The van der Waals surface area contributed by atoms with Crippen LogP contribution in [0.1, 0.15) is 11.1 Å². The lowest BCUT2D eigenvalue weighted by atomic mass is 10.2. The average molecular weight is 337 g/mol. The van der Waals surface area contributed by atoms with Crippen LogP contribution in [0.15, 0.2) is 67.4 Å². The van der Waals surface area contributed by atoms with Crippen molar-refractivity contribution in [2.75, 3.05) is 7.05 Å². The van der Waals surface area contributed by atoms with E-state index >= 15 is 0 Å². The van der Waals surface area contributed by atoms with E-state index in [1.807, 2.05) is 53.2 Å². The molecular formula is C18H19N5O2. The third kappa shape index (κ3) is 4.65. The van der Waals surface area contributed by atoms with Crippen LogP contribution in [-0.2, 0) is 18.0 Å². The quantitative estimate of drug-likeness (QED) is 0.702. The molecule has 7 nitrogen and oxygen atoms in total. The summed E-state index contributed by atoms with van der Waals surface area (Å²) >= 11 is 0. The molecule has 128 valence electrons. The van der Waals surface area contributed by atoms with Gasteiger partial charge in [0.05, 0.1) is 0 Å². The first-order valence-corrected chi connectivity index (χ1v) is 7.84. The number of hydroxylamine groups is 2. The van der Waals surface area contributed by atoms with Crippen molar-refractivity contribution in [2.45, 2.75) is 13.2 Å². The van der Waals surface area contributed by atoms with E-state index in [9.17, 15) is 4.79 Å². The van der Waals surface area contributed by atoms with E-state index in [0.717, 1.165) is 16.9 Å². The summed E-state index contributed by atoms with van der Waals surface area (Å²) < 4.78 is 1.81. The van der Waals surface area contributed by atoms with Gasteiger partial charge in [-0.05, 0) is 17.2 Å². The van der Waals surface area contributed by atoms with Crippen LogP contribution in [0, 0.1) is 0 Å². The van der Waals surface area contributed by atoms with Gasteiger partial charge in [0.25, 0.3) is 0 Å². The molecule has 25 heavy (non-hydrogen) atoms. The lowest BCUT2D eigenvalue weighted by molar-refractivity contribution is -0.109. The third-order valence-electron chi connectivity index (χ3n) is 3.58. The minimum absolute atomic E-state index is 0.311. The molecule has 0 bridgehead atoms. The molecule has 0 saturated carbocycles.